The van der Waals surface area contributed by atoms with Gasteiger partial charge in [-0.25, -0.2) is 9.59 Å². The van der Waals surface area contributed by atoms with Crippen molar-refractivity contribution in [2.45, 2.75) is 6.61 Å². The second kappa shape index (κ2) is 8.94. The zero-order valence-corrected chi connectivity index (χ0v) is 17.9. The number of pyridine rings is 2. The van der Waals surface area contributed by atoms with Crippen LogP contribution in [0.1, 0.15) is 26.3 Å². The van der Waals surface area contributed by atoms with Crippen molar-refractivity contribution >= 4 is 28.7 Å². The third kappa shape index (κ3) is 4.11. The zero-order chi connectivity index (χ0) is 24.4. The number of ether oxygens (including phenoxy) is 2. The Morgan fingerprint density at radius 1 is 1.06 bits per heavy atom. The quantitative estimate of drug-likeness (QED) is 0.323. The zero-order valence-electron chi connectivity index (χ0n) is 17.9. The first kappa shape index (κ1) is 22.3. The Morgan fingerprint density at radius 3 is 2.53 bits per heavy atom. The number of hydrogen-bond donors (Lipinski definition) is 4. The number of hydrogen-bond acceptors (Lipinski definition) is 7. The van der Waals surface area contributed by atoms with Gasteiger partial charge in [0, 0.05) is 28.8 Å². The van der Waals surface area contributed by atoms with Crippen LogP contribution in [0.3, 0.4) is 0 Å². The van der Waals surface area contributed by atoms with Crippen molar-refractivity contribution in [1.82, 2.24) is 9.97 Å². The SMILES string of the molecule is COc1ccc(-c2c(C(=O)O)c(N)[nH]c(=O)c2C(=O)O)cc1COc1ccc2cccnc2c1. The highest BCUT2D eigenvalue weighted by Crippen LogP contribution is 2.33. The minimum absolute atomic E-state index is 0.0127. The van der Waals surface area contributed by atoms with Crippen LogP contribution in [0.5, 0.6) is 11.5 Å². The van der Waals surface area contributed by atoms with E-state index in [1.807, 2.05) is 18.2 Å². The van der Waals surface area contributed by atoms with Gasteiger partial charge in [-0.1, -0.05) is 12.1 Å². The van der Waals surface area contributed by atoms with Gasteiger partial charge in [-0.05, 0) is 35.9 Å². The molecule has 2 aromatic heterocycles. The molecule has 0 saturated heterocycles. The van der Waals surface area contributed by atoms with Crippen LogP contribution in [0.2, 0.25) is 0 Å². The van der Waals surface area contributed by atoms with Gasteiger partial charge in [0.1, 0.15) is 35.1 Å². The molecule has 0 spiro atoms. The van der Waals surface area contributed by atoms with Crippen molar-refractivity contribution in [2.75, 3.05) is 12.8 Å². The maximum absolute atomic E-state index is 12.3. The summed E-state index contributed by atoms with van der Waals surface area (Å²) < 4.78 is 11.3. The van der Waals surface area contributed by atoms with Crippen molar-refractivity contribution in [3.8, 4) is 22.6 Å². The number of aromatic amines is 1. The number of aromatic nitrogens is 2. The van der Waals surface area contributed by atoms with Crippen molar-refractivity contribution in [3.63, 3.8) is 0 Å². The van der Waals surface area contributed by atoms with Crippen LogP contribution < -0.4 is 20.8 Å². The molecule has 10 nitrogen and oxygen atoms in total. The van der Waals surface area contributed by atoms with Crippen LogP contribution in [0.25, 0.3) is 22.0 Å². The Labute approximate surface area is 192 Å². The van der Waals surface area contributed by atoms with E-state index in [1.165, 1.54) is 25.3 Å². The number of aromatic carboxylic acids is 2. The maximum atomic E-state index is 12.3. The summed E-state index contributed by atoms with van der Waals surface area (Å²) in [6, 6.07) is 13.7. The number of methoxy groups -OCH3 is 1. The first-order valence-electron chi connectivity index (χ1n) is 9.97. The van der Waals surface area contributed by atoms with Crippen LogP contribution in [-0.2, 0) is 6.61 Å². The molecule has 4 rings (SSSR count). The Morgan fingerprint density at radius 2 is 1.82 bits per heavy atom. The lowest BCUT2D eigenvalue weighted by Gasteiger charge is -2.15. The van der Waals surface area contributed by atoms with Crippen LogP contribution in [0.15, 0.2) is 59.5 Å². The van der Waals surface area contributed by atoms with E-state index in [2.05, 4.69) is 9.97 Å². The highest BCUT2D eigenvalue weighted by molar-refractivity contribution is 6.07. The predicted octanol–water partition coefficient (Wildman–Crippen LogP) is 3.16. The summed E-state index contributed by atoms with van der Waals surface area (Å²) in [7, 11) is 1.45. The number of carboxylic acid groups (broad SMARTS) is 2. The lowest BCUT2D eigenvalue weighted by atomic mass is 9.94. The normalized spacial score (nSPS) is 10.7. The van der Waals surface area contributed by atoms with Gasteiger partial charge in [0.2, 0.25) is 0 Å². The third-order valence-electron chi connectivity index (χ3n) is 5.21. The summed E-state index contributed by atoms with van der Waals surface area (Å²) in [5.41, 5.74) is 4.55. The second-order valence-corrected chi connectivity index (χ2v) is 7.28. The van der Waals surface area contributed by atoms with Crippen LogP contribution >= 0.6 is 0 Å². The largest absolute Gasteiger partial charge is 0.496 e. The molecule has 172 valence electrons. The molecule has 34 heavy (non-hydrogen) atoms. The van der Waals surface area contributed by atoms with E-state index >= 15 is 0 Å². The van der Waals surface area contributed by atoms with E-state index in [0.717, 1.165) is 10.9 Å². The number of benzene rings is 2. The molecule has 0 aliphatic heterocycles. The molecular formula is C24H19N3O7. The van der Waals surface area contributed by atoms with E-state index in [9.17, 15) is 24.6 Å². The van der Waals surface area contributed by atoms with E-state index in [4.69, 9.17) is 15.2 Å². The van der Waals surface area contributed by atoms with Gasteiger partial charge in [0.05, 0.1) is 12.6 Å². The monoisotopic (exact) mass is 461 g/mol. The number of nitrogen functional groups attached to an aromatic ring is 1. The fourth-order valence-corrected chi connectivity index (χ4v) is 3.68. The molecule has 2 aromatic carbocycles. The molecule has 0 aliphatic carbocycles. The average molecular weight is 461 g/mol. The summed E-state index contributed by atoms with van der Waals surface area (Å²) in [6.45, 7) is 0.0127. The highest BCUT2D eigenvalue weighted by Gasteiger charge is 2.27. The molecule has 2 heterocycles. The lowest BCUT2D eigenvalue weighted by molar-refractivity contribution is 0.0695. The lowest BCUT2D eigenvalue weighted by Crippen LogP contribution is -2.24. The van der Waals surface area contributed by atoms with Gasteiger partial charge in [0.15, 0.2) is 0 Å². The second-order valence-electron chi connectivity index (χ2n) is 7.28. The number of nitrogens with two attached hydrogens (primary N) is 1. The number of anilines is 1. The predicted molar refractivity (Wildman–Crippen MR) is 123 cm³/mol. The summed E-state index contributed by atoms with van der Waals surface area (Å²) in [6.07, 6.45) is 1.67. The Kier molecular flexibility index (Phi) is 5.88. The minimum Gasteiger partial charge on any atom is -0.496 e. The van der Waals surface area contributed by atoms with Gasteiger partial charge in [-0.2, -0.15) is 0 Å². The Hall–Kier alpha value is -4.86. The summed E-state index contributed by atoms with van der Waals surface area (Å²) in [5.74, 6) is -2.56. The van der Waals surface area contributed by atoms with Crippen LogP contribution in [0.4, 0.5) is 5.82 Å². The number of nitrogens with zero attached hydrogens (tertiary/aromatic N) is 1. The molecule has 4 aromatic rings. The molecule has 0 bridgehead atoms. The number of fused-ring (bicyclic) bond motifs is 1. The third-order valence-corrected chi connectivity index (χ3v) is 5.21. The smallest absolute Gasteiger partial charge is 0.342 e. The van der Waals surface area contributed by atoms with Gasteiger partial charge >= 0.3 is 11.9 Å². The molecule has 0 saturated carbocycles. The molecule has 0 aliphatic rings. The highest BCUT2D eigenvalue weighted by atomic mass is 16.5. The Balaban J connectivity index is 1.79. The number of rotatable bonds is 7. The van der Waals surface area contributed by atoms with E-state index in [1.54, 1.807) is 18.3 Å². The van der Waals surface area contributed by atoms with Crippen molar-refractivity contribution < 1.29 is 29.3 Å². The molecular weight excluding hydrogens is 442 g/mol. The summed E-state index contributed by atoms with van der Waals surface area (Å²) in [5, 5.41) is 20.2. The molecule has 0 radical (unpaired) electrons. The van der Waals surface area contributed by atoms with E-state index in [-0.39, 0.29) is 17.7 Å². The fourth-order valence-electron chi connectivity index (χ4n) is 3.68. The Bertz CT molecular complexity index is 1490. The van der Waals surface area contributed by atoms with Gasteiger partial charge in [0.25, 0.3) is 5.56 Å². The molecule has 10 heteroatoms. The number of carboxylic acids is 2. The average Bonchev–Trinajstić information content (AvgIpc) is 2.81. The van der Waals surface area contributed by atoms with Crippen LogP contribution in [0, 0.1) is 0 Å². The summed E-state index contributed by atoms with van der Waals surface area (Å²) in [4.78, 5) is 42.4. The first-order chi connectivity index (χ1) is 16.3. The number of nitrogens with one attached hydrogen (secondary N) is 1. The number of carbonyl (C=O) groups is 2. The fraction of sp³-hybridized carbons (Fsp3) is 0.0833. The van der Waals surface area contributed by atoms with E-state index < -0.39 is 34.4 Å². The van der Waals surface area contributed by atoms with Crippen LogP contribution in [-0.4, -0.2) is 39.2 Å². The van der Waals surface area contributed by atoms with Gasteiger partial charge in [-0.15, -0.1) is 0 Å². The van der Waals surface area contributed by atoms with Crippen molar-refractivity contribution in [1.29, 1.82) is 0 Å². The molecule has 0 amide bonds. The first-order valence-corrected chi connectivity index (χ1v) is 9.97. The molecule has 5 N–H and O–H groups in total. The molecule has 0 atom stereocenters. The number of H-pyrrole nitrogens is 1. The van der Waals surface area contributed by atoms with Gasteiger partial charge in [-0.3, -0.25) is 9.78 Å². The molecule has 0 unspecified atom stereocenters. The molecule has 0 fully saturated rings. The maximum Gasteiger partial charge on any atom is 0.342 e. The topological polar surface area (TPSA) is 165 Å². The van der Waals surface area contributed by atoms with Gasteiger partial charge < -0.3 is 30.4 Å². The van der Waals surface area contributed by atoms with Crippen molar-refractivity contribution in [3.05, 3.63) is 81.8 Å². The minimum atomic E-state index is -1.59. The van der Waals surface area contributed by atoms with Crippen molar-refractivity contribution in [2.24, 2.45) is 0 Å². The summed E-state index contributed by atoms with van der Waals surface area (Å²) >= 11 is 0. The standard InChI is InChI=1S/C24H19N3O7/c1-33-17-7-5-13(18-19(23(29)30)21(25)27-22(28)20(18)24(31)32)9-14(17)11-34-15-6-4-12-3-2-8-26-16(12)10-15/h2-10H,11H2,1H3,(H,29,30)(H,31,32)(H3,25,27,28). The van der Waals surface area contributed by atoms with E-state index in [0.29, 0.717) is 17.1 Å².